The minimum Gasteiger partial charge on any atom is -0.338 e. The van der Waals surface area contributed by atoms with Gasteiger partial charge in [0.05, 0.1) is 4.90 Å². The van der Waals surface area contributed by atoms with E-state index in [4.69, 9.17) is 4.52 Å². The highest BCUT2D eigenvalue weighted by Gasteiger charge is 2.36. The van der Waals surface area contributed by atoms with Gasteiger partial charge in [0.25, 0.3) is 0 Å². The molecule has 1 saturated heterocycles. The molecule has 2 heterocycles. The highest BCUT2D eigenvalue weighted by Crippen LogP contribution is 2.30. The highest BCUT2D eigenvalue weighted by atomic mass is 32.2. The predicted octanol–water partition coefficient (Wildman–Crippen LogP) is 3.35. The van der Waals surface area contributed by atoms with Crippen LogP contribution in [0.3, 0.4) is 0 Å². The van der Waals surface area contributed by atoms with Crippen molar-refractivity contribution >= 4 is 10.0 Å². The average molecular weight is 433 g/mol. The number of fused-ring (bicyclic) bond motifs is 1. The van der Waals surface area contributed by atoms with Gasteiger partial charge in [-0.2, -0.15) is 9.29 Å². The molecule has 4 rings (SSSR count). The number of aryl methyl sites for hydroxylation is 3. The molecule has 1 aromatic heterocycles. The molecule has 1 unspecified atom stereocenters. The Kier molecular flexibility index (Phi) is 6.27. The van der Waals surface area contributed by atoms with Crippen molar-refractivity contribution in [3.63, 3.8) is 0 Å². The Morgan fingerprint density at radius 1 is 1.13 bits per heavy atom. The Morgan fingerprint density at radius 2 is 1.90 bits per heavy atom. The molecule has 8 heteroatoms. The van der Waals surface area contributed by atoms with E-state index in [2.05, 4.69) is 28.9 Å². The van der Waals surface area contributed by atoms with E-state index in [0.717, 1.165) is 38.8 Å². The van der Waals surface area contributed by atoms with Crippen LogP contribution in [0.4, 0.5) is 0 Å². The summed E-state index contributed by atoms with van der Waals surface area (Å²) in [6, 6.07) is 5.45. The number of hydrogen-bond acceptors (Lipinski definition) is 6. The molecular formula is C22H32N4O3S. The van der Waals surface area contributed by atoms with Crippen LogP contribution >= 0.6 is 0 Å². The van der Waals surface area contributed by atoms with Crippen LogP contribution in [-0.4, -0.2) is 53.9 Å². The predicted molar refractivity (Wildman–Crippen MR) is 115 cm³/mol. The largest absolute Gasteiger partial charge is 0.338 e. The first-order valence-corrected chi connectivity index (χ1v) is 12.4. The minimum atomic E-state index is -3.59. The molecule has 0 radical (unpaired) electrons. The molecule has 30 heavy (non-hydrogen) atoms. The number of rotatable bonds is 5. The van der Waals surface area contributed by atoms with E-state index in [-0.39, 0.29) is 6.04 Å². The molecule has 0 spiro atoms. The summed E-state index contributed by atoms with van der Waals surface area (Å²) >= 11 is 0. The lowest BCUT2D eigenvalue weighted by molar-refractivity contribution is 0.146. The van der Waals surface area contributed by atoms with E-state index in [9.17, 15) is 8.42 Å². The molecule has 1 aliphatic carbocycles. The smallest absolute Gasteiger partial charge is 0.245 e. The number of nitrogens with zero attached hydrogens (tertiary/aromatic N) is 4. The topological polar surface area (TPSA) is 79.5 Å². The standard InChI is InChI=1S/C22H32N4O3S/c1-16(2)14-25-11-6-12-26(15-21(25)22-23-17(3)24-29-22)30(27,28)20-10-9-18-7-4-5-8-19(18)13-20/h9-10,13,16,21H,4-8,11-12,14-15H2,1-3H3. The molecule has 0 N–H and O–H groups in total. The Hall–Kier alpha value is -1.77. The van der Waals surface area contributed by atoms with Crippen molar-refractivity contribution in [1.29, 1.82) is 0 Å². The number of sulfonamides is 1. The molecule has 1 aromatic carbocycles. The van der Waals surface area contributed by atoms with Crippen LogP contribution < -0.4 is 0 Å². The molecule has 1 fully saturated rings. The van der Waals surface area contributed by atoms with Crippen LogP contribution in [0, 0.1) is 12.8 Å². The molecule has 0 saturated carbocycles. The van der Waals surface area contributed by atoms with Gasteiger partial charge >= 0.3 is 0 Å². The van der Waals surface area contributed by atoms with Crippen molar-refractivity contribution in [2.45, 2.75) is 63.8 Å². The Labute approximate surface area is 179 Å². The van der Waals surface area contributed by atoms with Crippen LogP contribution in [0.5, 0.6) is 0 Å². The lowest BCUT2D eigenvalue weighted by Gasteiger charge is -2.30. The summed E-state index contributed by atoms with van der Waals surface area (Å²) in [5, 5.41) is 3.95. The Balaban J connectivity index is 1.64. The summed E-state index contributed by atoms with van der Waals surface area (Å²) in [7, 11) is -3.59. The molecule has 1 aliphatic heterocycles. The van der Waals surface area contributed by atoms with Crippen molar-refractivity contribution < 1.29 is 12.9 Å². The summed E-state index contributed by atoms with van der Waals surface area (Å²) < 4.78 is 34.3. The maximum absolute atomic E-state index is 13.6. The van der Waals surface area contributed by atoms with Crippen molar-refractivity contribution in [2.24, 2.45) is 5.92 Å². The normalized spacial score (nSPS) is 21.5. The van der Waals surface area contributed by atoms with Crippen LogP contribution in [0.25, 0.3) is 0 Å². The number of hydrogen-bond donors (Lipinski definition) is 0. The van der Waals surface area contributed by atoms with Crippen LogP contribution in [0.1, 0.15) is 62.0 Å². The summed E-state index contributed by atoms with van der Waals surface area (Å²) in [4.78, 5) is 7.13. The summed E-state index contributed by atoms with van der Waals surface area (Å²) in [5.74, 6) is 1.53. The quantitative estimate of drug-likeness (QED) is 0.721. The number of aromatic nitrogens is 2. The maximum atomic E-state index is 13.6. The van der Waals surface area contributed by atoms with Gasteiger partial charge in [-0.3, -0.25) is 4.90 Å². The van der Waals surface area contributed by atoms with E-state index < -0.39 is 10.0 Å². The van der Waals surface area contributed by atoms with Gasteiger partial charge in [0, 0.05) is 26.2 Å². The van der Waals surface area contributed by atoms with Crippen LogP contribution in [0.15, 0.2) is 27.6 Å². The van der Waals surface area contributed by atoms with Crippen molar-refractivity contribution in [1.82, 2.24) is 19.3 Å². The average Bonchev–Trinajstić information content (AvgIpc) is 3.03. The van der Waals surface area contributed by atoms with Gasteiger partial charge in [0.2, 0.25) is 15.9 Å². The van der Waals surface area contributed by atoms with Gasteiger partial charge in [-0.15, -0.1) is 0 Å². The monoisotopic (exact) mass is 432 g/mol. The summed E-state index contributed by atoms with van der Waals surface area (Å²) in [6.07, 6.45) is 5.10. The number of benzene rings is 1. The zero-order valence-electron chi connectivity index (χ0n) is 18.2. The fourth-order valence-corrected chi connectivity index (χ4v) is 6.15. The van der Waals surface area contributed by atoms with E-state index >= 15 is 0 Å². The van der Waals surface area contributed by atoms with Gasteiger partial charge in [-0.05, 0) is 68.2 Å². The van der Waals surface area contributed by atoms with Crippen LogP contribution in [0.2, 0.25) is 0 Å². The first-order valence-electron chi connectivity index (χ1n) is 11.0. The molecule has 0 amide bonds. The third kappa shape index (κ3) is 4.45. The SMILES string of the molecule is Cc1noc(C2CN(S(=O)(=O)c3ccc4c(c3)CCCC4)CCCN2CC(C)C)n1. The maximum Gasteiger partial charge on any atom is 0.245 e. The first kappa shape index (κ1) is 21.5. The van der Waals surface area contributed by atoms with Crippen molar-refractivity contribution in [3.05, 3.63) is 41.0 Å². The minimum absolute atomic E-state index is 0.233. The van der Waals surface area contributed by atoms with Gasteiger partial charge in [0.15, 0.2) is 5.82 Å². The third-order valence-electron chi connectivity index (χ3n) is 6.06. The molecule has 2 aliphatic rings. The second-order valence-corrected chi connectivity index (χ2v) is 10.9. The zero-order valence-corrected chi connectivity index (χ0v) is 19.0. The molecule has 0 bridgehead atoms. The highest BCUT2D eigenvalue weighted by molar-refractivity contribution is 7.89. The lowest BCUT2D eigenvalue weighted by atomic mass is 9.92. The van der Waals surface area contributed by atoms with E-state index in [1.165, 1.54) is 17.5 Å². The second kappa shape index (κ2) is 8.77. The van der Waals surface area contributed by atoms with Crippen molar-refractivity contribution in [3.8, 4) is 0 Å². The van der Waals surface area contributed by atoms with E-state index in [1.54, 1.807) is 17.3 Å². The Bertz CT molecular complexity index is 986. The lowest BCUT2D eigenvalue weighted by Crippen LogP contribution is -2.39. The third-order valence-corrected chi connectivity index (χ3v) is 7.92. The molecule has 2 aromatic rings. The zero-order chi connectivity index (χ0) is 21.3. The molecule has 164 valence electrons. The Morgan fingerprint density at radius 3 is 2.60 bits per heavy atom. The first-order chi connectivity index (χ1) is 14.3. The van der Waals surface area contributed by atoms with Crippen LogP contribution in [-0.2, 0) is 22.9 Å². The van der Waals surface area contributed by atoms with Gasteiger partial charge in [0.1, 0.15) is 6.04 Å². The van der Waals surface area contributed by atoms with E-state index in [1.807, 2.05) is 12.1 Å². The van der Waals surface area contributed by atoms with Gasteiger partial charge in [-0.25, -0.2) is 8.42 Å². The molecule has 7 nitrogen and oxygen atoms in total. The van der Waals surface area contributed by atoms with Gasteiger partial charge in [-0.1, -0.05) is 25.1 Å². The van der Waals surface area contributed by atoms with Gasteiger partial charge < -0.3 is 4.52 Å². The fourth-order valence-electron chi connectivity index (χ4n) is 4.61. The van der Waals surface area contributed by atoms with Crippen molar-refractivity contribution in [2.75, 3.05) is 26.2 Å². The summed E-state index contributed by atoms with van der Waals surface area (Å²) in [5.41, 5.74) is 2.47. The summed E-state index contributed by atoms with van der Waals surface area (Å²) in [6.45, 7) is 8.62. The second-order valence-electron chi connectivity index (χ2n) is 8.94. The fraction of sp³-hybridized carbons (Fsp3) is 0.636. The molecular weight excluding hydrogens is 400 g/mol. The molecule has 1 atom stereocenters. The van der Waals surface area contributed by atoms with E-state index in [0.29, 0.717) is 35.6 Å².